The molecule has 0 bridgehead atoms. The zero-order chi connectivity index (χ0) is 55.4. The first kappa shape index (κ1) is 57.7. The predicted molar refractivity (Wildman–Crippen MR) is 250 cm³/mol. The minimum atomic E-state index is -6.17. The van der Waals surface area contributed by atoms with Gasteiger partial charge in [0.25, 0.3) is 11.1 Å². The topological polar surface area (TPSA) is 514 Å². The van der Waals surface area contributed by atoms with Gasteiger partial charge in [-0.05, 0) is 13.8 Å². The number of hydrogen-bond acceptors (Lipinski definition) is 29. The molecule has 4 aliphatic heterocycles. The average Bonchev–Trinajstić information content (AvgIpc) is 4.12. The molecular weight excluding hydrogens is 1110 g/mol. The number of aromatic amines is 3. The summed E-state index contributed by atoms with van der Waals surface area (Å²) in [5.74, 6) is -0.311. The van der Waals surface area contributed by atoms with Crippen LogP contribution < -0.4 is 38.1 Å². The number of nitrogens with one attached hydrogen (secondary N) is 3. The van der Waals surface area contributed by atoms with Crippen molar-refractivity contribution in [3.05, 3.63) is 55.6 Å². The second-order valence-corrected chi connectivity index (χ2v) is 23.3. The molecule has 7 unspecified atom stereocenters. The van der Waals surface area contributed by atoms with E-state index in [2.05, 4.69) is 38.5 Å². The van der Waals surface area contributed by atoms with Crippen LogP contribution in [0.2, 0.25) is 0 Å². The number of anilines is 4. The molecule has 8 heterocycles. The molecule has 3 fully saturated rings. The fourth-order valence-electron chi connectivity index (χ4n) is 8.74. The van der Waals surface area contributed by atoms with Gasteiger partial charge in [-0.2, -0.15) is 13.6 Å². The van der Waals surface area contributed by atoms with Gasteiger partial charge in [-0.1, -0.05) is 0 Å². The summed E-state index contributed by atoms with van der Waals surface area (Å²) in [4.78, 5) is 105. The van der Waals surface area contributed by atoms with Crippen molar-refractivity contribution in [3.8, 4) is 0 Å². The first-order valence-electron chi connectivity index (χ1n) is 22.1. The number of methoxy groups -OCH3 is 2. The summed E-state index contributed by atoms with van der Waals surface area (Å²) < 4.78 is 118. The van der Waals surface area contributed by atoms with Crippen LogP contribution in [0.15, 0.2) is 33.2 Å². The lowest BCUT2D eigenvalue weighted by atomic mass is 10.0. The van der Waals surface area contributed by atoms with E-state index in [4.69, 9.17) is 58.0 Å². The Balaban J connectivity index is 0.942. The van der Waals surface area contributed by atoms with Crippen molar-refractivity contribution in [2.75, 3.05) is 69.0 Å². The molecule has 0 radical (unpaired) electrons. The van der Waals surface area contributed by atoms with E-state index in [-0.39, 0.29) is 46.7 Å². The number of fused-ring (bicyclic) bond motifs is 2. The molecule has 76 heavy (non-hydrogen) atoms. The summed E-state index contributed by atoms with van der Waals surface area (Å²) in [5.41, 5.74) is 9.26. The van der Waals surface area contributed by atoms with E-state index in [0.717, 1.165) is 33.1 Å². The van der Waals surface area contributed by atoms with E-state index >= 15 is 0 Å². The van der Waals surface area contributed by atoms with Crippen LogP contribution in [0.25, 0.3) is 11.2 Å². The minimum absolute atomic E-state index is 0.0184. The van der Waals surface area contributed by atoms with Crippen LogP contribution in [0.1, 0.15) is 31.7 Å². The number of hydrogen-bond donors (Lipinski definition) is 11. The summed E-state index contributed by atoms with van der Waals surface area (Å²) >= 11 is 0. The molecule has 422 valence electrons. The molecule has 0 amide bonds. The lowest BCUT2D eigenvalue weighted by Crippen LogP contribution is -2.46. The van der Waals surface area contributed by atoms with Crippen LogP contribution in [-0.2, 0) is 73.4 Å². The lowest BCUT2D eigenvalue weighted by molar-refractivity contribution is -0.0802. The van der Waals surface area contributed by atoms with E-state index in [1.807, 2.05) is 4.98 Å². The molecule has 4 aliphatic rings. The first-order chi connectivity index (χ1) is 35.6. The number of aromatic nitrogens is 8. The maximum Gasteiger partial charge on any atom is 0.490 e. The third-order valence-corrected chi connectivity index (χ3v) is 17.1. The molecule has 0 aromatic carbocycles. The first-order valence-corrected chi connectivity index (χ1v) is 28.1. The Morgan fingerprint density at radius 2 is 1.37 bits per heavy atom. The van der Waals surface area contributed by atoms with E-state index < -0.39 is 148 Å². The van der Waals surface area contributed by atoms with Crippen molar-refractivity contribution >= 4 is 65.7 Å². The number of imidazole rings is 1. The predicted octanol–water partition coefficient (Wildman–Crippen LogP) is -2.46. The van der Waals surface area contributed by atoms with Crippen LogP contribution in [0.5, 0.6) is 0 Å². The minimum Gasteiger partial charge on any atom is -0.387 e. The Bertz CT molecular complexity index is 3150. The second kappa shape index (κ2) is 22.3. The number of ether oxygens (including phenoxy) is 6. The smallest absolute Gasteiger partial charge is 0.387 e. The third kappa shape index (κ3) is 12.4. The number of nitrogens with two attached hydrogens (primary N) is 2. The Morgan fingerprint density at radius 1 is 0.763 bits per heavy atom. The highest BCUT2D eigenvalue weighted by Gasteiger charge is 2.54. The highest BCUT2D eigenvalue weighted by molar-refractivity contribution is 7.66. The summed E-state index contributed by atoms with van der Waals surface area (Å²) in [6.07, 6.45) is -15.3. The zero-order valence-corrected chi connectivity index (χ0v) is 43.7. The third-order valence-electron chi connectivity index (χ3n) is 11.8. The van der Waals surface area contributed by atoms with E-state index in [1.54, 1.807) is 20.9 Å². The molecule has 41 heteroatoms. The van der Waals surface area contributed by atoms with Crippen molar-refractivity contribution in [2.24, 2.45) is 0 Å². The second-order valence-electron chi connectivity index (χ2n) is 17.3. The molecule has 16 atom stereocenters. The monoisotopic (exact) mass is 1160 g/mol. The van der Waals surface area contributed by atoms with Gasteiger partial charge in [0.05, 0.1) is 44.5 Å². The van der Waals surface area contributed by atoms with E-state index in [9.17, 15) is 62.4 Å². The Kier molecular flexibility index (Phi) is 16.9. The molecule has 3 saturated heterocycles. The molecule has 8 rings (SSSR count). The number of nitrogens with zero attached hydrogens (tertiary/aromatic N) is 7. The highest BCUT2D eigenvalue weighted by Crippen LogP contribution is 2.68. The van der Waals surface area contributed by atoms with Gasteiger partial charge in [0.1, 0.15) is 78.6 Å². The van der Waals surface area contributed by atoms with Gasteiger partial charge in [0, 0.05) is 27.5 Å². The maximum atomic E-state index is 13.8. The van der Waals surface area contributed by atoms with Gasteiger partial charge >= 0.3 is 37.0 Å². The number of phosphoric ester groups is 3. The van der Waals surface area contributed by atoms with Gasteiger partial charge in [-0.25, -0.2) is 38.0 Å². The number of aliphatic hydroxyl groups excluding tert-OH is 2. The van der Waals surface area contributed by atoms with Crippen LogP contribution in [0.3, 0.4) is 0 Å². The van der Waals surface area contributed by atoms with Gasteiger partial charge in [0.15, 0.2) is 29.7 Å². The van der Waals surface area contributed by atoms with Crippen molar-refractivity contribution in [1.29, 1.82) is 0 Å². The number of nitrogen functional groups attached to an aromatic ring is 2. The fraction of sp³-hybridized carbons (Fsp3) is 0.629. The maximum absolute atomic E-state index is 13.8. The number of aliphatic hydroxyl groups is 2. The van der Waals surface area contributed by atoms with Crippen molar-refractivity contribution < 1.29 is 103 Å². The number of rotatable bonds is 22. The highest BCUT2D eigenvalue weighted by atomic mass is 31.3. The van der Waals surface area contributed by atoms with Crippen LogP contribution in [0.4, 0.5) is 23.3 Å². The number of phosphoric acid groups is 4. The average molecular weight is 1160 g/mol. The lowest BCUT2D eigenvalue weighted by Gasteiger charge is -2.27. The normalized spacial score (nSPS) is 30.9. The Labute approximate surface area is 425 Å². The molecule has 4 aromatic rings. The summed E-state index contributed by atoms with van der Waals surface area (Å²) in [6, 6.07) is 0. The van der Waals surface area contributed by atoms with Crippen LogP contribution in [-0.4, -0.2) is 184 Å². The molecule has 13 N–H and O–H groups in total. The van der Waals surface area contributed by atoms with Crippen LogP contribution in [0, 0.1) is 0 Å². The molecule has 4 aromatic heterocycles. The fourth-order valence-corrected chi connectivity index (χ4v) is 13.2. The Morgan fingerprint density at radius 3 is 1.99 bits per heavy atom. The van der Waals surface area contributed by atoms with Crippen molar-refractivity contribution in [1.82, 2.24) is 39.5 Å². The number of H-pyrrole nitrogens is 3. The van der Waals surface area contributed by atoms with Crippen LogP contribution >= 0.6 is 31.3 Å². The summed E-state index contributed by atoms with van der Waals surface area (Å²) in [5, 5.41) is 22.3. The van der Waals surface area contributed by atoms with Gasteiger partial charge in [0.2, 0.25) is 5.95 Å². The molecule has 0 saturated carbocycles. The quantitative estimate of drug-likeness (QED) is 0.0364. The van der Waals surface area contributed by atoms with Gasteiger partial charge in [-0.15, -0.1) is 0 Å². The Hall–Kier alpha value is -4.49. The summed E-state index contributed by atoms with van der Waals surface area (Å²) in [7, 11) is -19.5. The van der Waals surface area contributed by atoms with Crippen molar-refractivity contribution in [2.45, 2.75) is 93.4 Å². The largest absolute Gasteiger partial charge is 0.490 e. The molecule has 0 spiro atoms. The standard InChI is InChI=1S/C35H52N12O25P4/c1-13(2)66-24-16(67-22(20(24)48)14-6-38-35(52)44-30(14)50)8-63-73(53,54)70-25-17(69-33(26(25)62-5)46-11-41-18-27(36)39-10-40-28(18)46)9-65-75(57,58)72-76(59,60)71-74(55,56)64-7-15-23(61-4)21(49)32(68-15)47-12-45(3)19-29(47)42-34(37)43-31(19)51/h6,10-11,13,15-17,20-26,32-33,48-49H,7-9,12H2,1-5H3,(H,53,54)(H,55,56)(H,57,58)(H,59,60)(H2,36,39,40)(H3,37,42,43,51)(H2,38,44,50,52)/t15-,16-,17-,20-,21?,22+,23+,24?,25?,26+,32-,33-/m1/s1. The van der Waals surface area contributed by atoms with Gasteiger partial charge in [-0.3, -0.25) is 42.2 Å². The molecular formula is C35H52N12O25P4. The van der Waals surface area contributed by atoms with E-state index in [1.165, 1.54) is 14.4 Å². The SMILES string of the molecule is CO[C@@H]1C(O)[C@H](N2CN(C)c3c2nc(N)[nH]c3=O)O[C@@H]1COP(=O)(O)OP(=O)(O)OP(=O)(O)OC[C@H]1O[C@@H](n2cnc3c(N)ncnc32)[C@@H](OC)C1OP(=O)(O)OC[C@H]1O[C@@H](c2c[nH]c(=O)[nH]c2=O)[C@@H](O)C1OC(C)C. The van der Waals surface area contributed by atoms with E-state index in [0.29, 0.717) is 0 Å². The molecule has 0 aliphatic carbocycles. The summed E-state index contributed by atoms with van der Waals surface area (Å²) in [6.45, 7) is 0.0440. The van der Waals surface area contributed by atoms with Crippen molar-refractivity contribution in [3.63, 3.8) is 0 Å². The zero-order valence-electron chi connectivity index (χ0n) is 40.1. The molecule has 37 nitrogen and oxygen atoms in total. The van der Waals surface area contributed by atoms with Gasteiger partial charge < -0.3 is 84.5 Å².